The number of hydrogen-bond acceptors (Lipinski definition) is 8. The second kappa shape index (κ2) is 30.3. The third kappa shape index (κ3) is 21.5. The fraction of sp³-hybridized carbons (Fsp3) is 0.821. The summed E-state index contributed by atoms with van der Waals surface area (Å²) in [6, 6.07) is -0.821. The van der Waals surface area contributed by atoms with Gasteiger partial charge in [-0.05, 0) is 57.8 Å². The molecule has 1 saturated heterocycles. The average molecular weight is 682 g/mol. The Kier molecular flexibility index (Phi) is 28.0. The van der Waals surface area contributed by atoms with Crippen LogP contribution in [0.1, 0.15) is 149 Å². The zero-order chi connectivity index (χ0) is 35.2. The van der Waals surface area contributed by atoms with Gasteiger partial charge in [-0.1, -0.05) is 121 Å². The first-order chi connectivity index (χ1) is 23.3. The molecule has 9 heteroatoms. The molecule has 0 aromatic heterocycles. The van der Waals surface area contributed by atoms with E-state index in [4.69, 9.17) is 9.47 Å². The minimum atomic E-state index is -1.57. The minimum absolute atomic E-state index is 0.201. The lowest BCUT2D eigenvalue weighted by atomic mass is 9.99. The molecule has 280 valence electrons. The van der Waals surface area contributed by atoms with E-state index < -0.39 is 49.5 Å². The molecular weight excluding hydrogens is 610 g/mol. The van der Waals surface area contributed by atoms with Crippen molar-refractivity contribution in [2.45, 2.75) is 192 Å². The van der Waals surface area contributed by atoms with Crippen molar-refractivity contribution in [2.24, 2.45) is 0 Å². The van der Waals surface area contributed by atoms with Crippen molar-refractivity contribution < 1.29 is 39.8 Å². The smallest absolute Gasteiger partial charge is 0.220 e. The Hall–Kier alpha value is -1.59. The normalized spacial score (nSPS) is 23.0. The summed E-state index contributed by atoms with van der Waals surface area (Å²) < 4.78 is 11.1. The van der Waals surface area contributed by atoms with E-state index in [0.717, 1.165) is 57.8 Å². The Morgan fingerprint density at radius 1 is 0.688 bits per heavy atom. The SMILES string of the molecule is CCCCC/C=C\CCCCCCCC(=O)NC(COC1OC(CO)C(O)C(O)C1O)C(O)/C=C/CC/C=C/CCCCCCCCC. The fourth-order valence-electron chi connectivity index (χ4n) is 5.75. The number of rotatable bonds is 30. The van der Waals surface area contributed by atoms with Crippen molar-refractivity contribution >= 4 is 5.91 Å². The summed E-state index contributed by atoms with van der Waals surface area (Å²) in [6.45, 7) is 3.68. The van der Waals surface area contributed by atoms with Gasteiger partial charge in [-0.15, -0.1) is 0 Å². The Morgan fingerprint density at radius 3 is 1.79 bits per heavy atom. The first-order valence-corrected chi connectivity index (χ1v) is 19.2. The topological polar surface area (TPSA) is 149 Å². The van der Waals surface area contributed by atoms with Crippen LogP contribution < -0.4 is 5.32 Å². The zero-order valence-corrected chi connectivity index (χ0v) is 30.2. The van der Waals surface area contributed by atoms with E-state index in [0.29, 0.717) is 6.42 Å². The lowest BCUT2D eigenvalue weighted by Gasteiger charge is -2.40. The van der Waals surface area contributed by atoms with Crippen molar-refractivity contribution in [1.82, 2.24) is 5.32 Å². The molecule has 0 aliphatic carbocycles. The highest BCUT2D eigenvalue weighted by Crippen LogP contribution is 2.22. The molecule has 7 unspecified atom stereocenters. The molecule has 1 heterocycles. The maximum absolute atomic E-state index is 12.8. The number of nitrogens with one attached hydrogen (secondary N) is 1. The van der Waals surface area contributed by atoms with Crippen LogP contribution in [0.25, 0.3) is 0 Å². The molecule has 0 radical (unpaired) electrons. The van der Waals surface area contributed by atoms with Gasteiger partial charge in [0, 0.05) is 6.42 Å². The van der Waals surface area contributed by atoms with Crippen molar-refractivity contribution in [2.75, 3.05) is 13.2 Å². The van der Waals surface area contributed by atoms with Crippen LogP contribution in [0.4, 0.5) is 0 Å². The molecule has 0 spiro atoms. The molecule has 0 aromatic carbocycles. The van der Waals surface area contributed by atoms with Crippen molar-refractivity contribution in [3.05, 3.63) is 36.5 Å². The molecule has 1 amide bonds. The molecule has 0 aromatic rings. The number of hydrogen-bond donors (Lipinski definition) is 6. The van der Waals surface area contributed by atoms with Crippen LogP contribution in [-0.4, -0.2) is 87.5 Å². The fourth-order valence-corrected chi connectivity index (χ4v) is 5.75. The van der Waals surface area contributed by atoms with Crippen LogP contribution in [0.15, 0.2) is 36.5 Å². The maximum Gasteiger partial charge on any atom is 0.220 e. The number of aliphatic hydroxyl groups excluding tert-OH is 5. The Morgan fingerprint density at radius 2 is 1.19 bits per heavy atom. The van der Waals surface area contributed by atoms with Crippen molar-refractivity contribution in [3.8, 4) is 0 Å². The van der Waals surface area contributed by atoms with Gasteiger partial charge in [0.2, 0.25) is 5.91 Å². The van der Waals surface area contributed by atoms with Gasteiger partial charge in [-0.3, -0.25) is 4.79 Å². The van der Waals surface area contributed by atoms with Crippen LogP contribution in [0.5, 0.6) is 0 Å². The predicted molar refractivity (Wildman–Crippen MR) is 193 cm³/mol. The molecule has 1 rings (SSSR count). The van der Waals surface area contributed by atoms with Crippen molar-refractivity contribution in [1.29, 1.82) is 0 Å². The van der Waals surface area contributed by atoms with Gasteiger partial charge in [-0.25, -0.2) is 0 Å². The summed E-state index contributed by atoms with van der Waals surface area (Å²) in [6.07, 6.45) is 27.6. The average Bonchev–Trinajstić information content (AvgIpc) is 3.08. The van der Waals surface area contributed by atoms with Crippen molar-refractivity contribution in [3.63, 3.8) is 0 Å². The summed E-state index contributed by atoms with van der Waals surface area (Å²) in [5.41, 5.74) is 0. The lowest BCUT2D eigenvalue weighted by molar-refractivity contribution is -0.302. The molecule has 0 bridgehead atoms. The van der Waals surface area contributed by atoms with Gasteiger partial charge in [0.25, 0.3) is 0 Å². The Bertz CT molecular complexity index is 848. The largest absolute Gasteiger partial charge is 0.394 e. The second-order valence-electron chi connectivity index (χ2n) is 13.4. The Labute approximate surface area is 291 Å². The number of carbonyl (C=O) groups excluding carboxylic acids is 1. The summed E-state index contributed by atoms with van der Waals surface area (Å²) >= 11 is 0. The molecule has 0 saturated carbocycles. The third-order valence-electron chi connectivity index (χ3n) is 8.94. The van der Waals surface area contributed by atoms with E-state index in [-0.39, 0.29) is 12.5 Å². The lowest BCUT2D eigenvalue weighted by Crippen LogP contribution is -2.60. The first kappa shape index (κ1) is 44.4. The molecule has 7 atom stereocenters. The monoisotopic (exact) mass is 682 g/mol. The number of carbonyl (C=O) groups is 1. The van der Waals surface area contributed by atoms with Gasteiger partial charge >= 0.3 is 0 Å². The summed E-state index contributed by atoms with van der Waals surface area (Å²) in [4.78, 5) is 12.8. The number of allylic oxidation sites excluding steroid dienone is 5. The van der Waals surface area contributed by atoms with Crippen LogP contribution >= 0.6 is 0 Å². The third-order valence-corrected chi connectivity index (χ3v) is 8.94. The van der Waals surface area contributed by atoms with Crippen LogP contribution in [0.3, 0.4) is 0 Å². The van der Waals surface area contributed by atoms with Gasteiger partial charge in [0.15, 0.2) is 6.29 Å². The molecular formula is C39H71NO8. The standard InChI is InChI=1S/C39H71NO8/c1-3-5-7-9-11-13-15-17-18-20-22-24-26-28-33(42)32(31-47-39-38(46)37(45)36(44)34(30-41)48-39)40-35(43)29-27-25-23-21-19-16-14-12-10-8-6-4-2/h12,14,18,20,26,28,32-34,36-39,41-42,44-46H,3-11,13,15-17,19,21-25,27,29-31H2,1-2H3,(H,40,43)/b14-12-,20-18+,28-26+. The van der Waals surface area contributed by atoms with Gasteiger partial charge < -0.3 is 40.3 Å². The van der Waals surface area contributed by atoms with Crippen LogP contribution in [-0.2, 0) is 14.3 Å². The van der Waals surface area contributed by atoms with Crippen LogP contribution in [0, 0.1) is 0 Å². The Balaban J connectivity index is 2.51. The van der Waals surface area contributed by atoms with Gasteiger partial charge in [0.05, 0.1) is 25.4 Å². The molecule has 1 aliphatic rings. The second-order valence-corrected chi connectivity index (χ2v) is 13.4. The van der Waals surface area contributed by atoms with E-state index in [9.17, 15) is 30.3 Å². The maximum atomic E-state index is 12.8. The first-order valence-electron chi connectivity index (χ1n) is 19.2. The molecule has 1 fully saturated rings. The molecule has 48 heavy (non-hydrogen) atoms. The number of amides is 1. The van der Waals surface area contributed by atoms with Gasteiger partial charge in [-0.2, -0.15) is 0 Å². The van der Waals surface area contributed by atoms with Gasteiger partial charge in [0.1, 0.15) is 24.4 Å². The van der Waals surface area contributed by atoms with E-state index in [1.165, 1.54) is 70.6 Å². The minimum Gasteiger partial charge on any atom is -0.394 e. The molecule has 6 N–H and O–H groups in total. The molecule has 9 nitrogen and oxygen atoms in total. The quantitative estimate of drug-likeness (QED) is 0.0370. The van der Waals surface area contributed by atoms with E-state index in [2.05, 4.69) is 43.5 Å². The molecule has 1 aliphatic heterocycles. The number of unbranched alkanes of at least 4 members (excludes halogenated alkanes) is 16. The predicted octanol–water partition coefficient (Wildman–Crippen LogP) is 6.55. The van der Waals surface area contributed by atoms with E-state index >= 15 is 0 Å². The number of ether oxygens (including phenoxy) is 2. The summed E-state index contributed by atoms with van der Waals surface area (Å²) in [5.74, 6) is -0.201. The van der Waals surface area contributed by atoms with E-state index in [1.54, 1.807) is 6.08 Å². The number of aliphatic hydroxyl groups is 5. The van der Waals surface area contributed by atoms with Crippen LogP contribution in [0.2, 0.25) is 0 Å². The summed E-state index contributed by atoms with van der Waals surface area (Å²) in [5, 5.41) is 53.8. The highest BCUT2D eigenvalue weighted by molar-refractivity contribution is 5.76. The highest BCUT2D eigenvalue weighted by atomic mass is 16.7. The summed E-state index contributed by atoms with van der Waals surface area (Å²) in [7, 11) is 0. The zero-order valence-electron chi connectivity index (χ0n) is 30.2. The van der Waals surface area contributed by atoms with E-state index in [1.807, 2.05) is 6.08 Å². The highest BCUT2D eigenvalue weighted by Gasteiger charge is 2.44.